The summed E-state index contributed by atoms with van der Waals surface area (Å²) in [6.45, 7) is 3.46. The molecule has 3 saturated carbocycles. The van der Waals surface area contributed by atoms with Gasteiger partial charge in [-0.2, -0.15) is 0 Å². The van der Waals surface area contributed by atoms with Crippen molar-refractivity contribution < 1.29 is 24.9 Å². The molecule has 0 aliphatic heterocycles. The van der Waals surface area contributed by atoms with Crippen LogP contribution in [0.2, 0.25) is 0 Å². The Kier molecular flexibility index (Phi) is 4.04. The van der Waals surface area contributed by atoms with Crippen LogP contribution in [0.3, 0.4) is 0 Å². The van der Waals surface area contributed by atoms with Gasteiger partial charge in [0.25, 0.3) is 0 Å². The van der Waals surface area contributed by atoms with E-state index < -0.39 is 29.5 Å². The summed E-state index contributed by atoms with van der Waals surface area (Å²) in [5.74, 6) is 0.140. The van der Waals surface area contributed by atoms with Gasteiger partial charge in [-0.1, -0.05) is 19.4 Å². The monoisotopic (exact) mass is 362 g/mol. The van der Waals surface area contributed by atoms with E-state index in [1.807, 2.05) is 6.92 Å². The SMILES string of the molecule is C[C@]12C[C@@H](O)[C@H]3[C@H](CCC4=CC(=O)CC[C@]43C)[C@H]1CC[C@]2(O)C(=O)CO. The maximum Gasteiger partial charge on any atom is 0.190 e. The van der Waals surface area contributed by atoms with E-state index in [2.05, 4.69) is 6.92 Å². The van der Waals surface area contributed by atoms with Crippen LogP contribution in [0.4, 0.5) is 0 Å². The van der Waals surface area contributed by atoms with Gasteiger partial charge in [0.1, 0.15) is 12.2 Å². The van der Waals surface area contributed by atoms with E-state index in [0.717, 1.165) is 25.7 Å². The smallest absolute Gasteiger partial charge is 0.190 e. The Morgan fingerprint density at radius 1 is 1.23 bits per heavy atom. The van der Waals surface area contributed by atoms with E-state index in [0.29, 0.717) is 19.3 Å². The highest BCUT2D eigenvalue weighted by atomic mass is 16.3. The summed E-state index contributed by atoms with van der Waals surface area (Å²) in [4.78, 5) is 24.3. The highest BCUT2D eigenvalue weighted by Crippen LogP contribution is 2.67. The molecule has 5 nitrogen and oxygen atoms in total. The standard InChI is InChI=1S/C21H30O5/c1-19-7-5-13(23)9-12(19)3-4-14-15-6-8-21(26,17(25)11-22)20(15,2)10-16(24)18(14)19/h9,14-16,18,22,24,26H,3-8,10-11H2,1-2H3/t14-,15-,16-,18-,19-,20+,21+/m1/s1. The van der Waals surface area contributed by atoms with E-state index in [1.54, 1.807) is 6.08 Å². The molecule has 26 heavy (non-hydrogen) atoms. The molecule has 0 spiro atoms. The summed E-state index contributed by atoms with van der Waals surface area (Å²) >= 11 is 0. The molecule has 0 heterocycles. The predicted octanol–water partition coefficient (Wildman–Crippen LogP) is 1.78. The summed E-state index contributed by atoms with van der Waals surface area (Å²) in [7, 11) is 0. The van der Waals surface area contributed by atoms with Gasteiger partial charge in [0.2, 0.25) is 0 Å². The lowest BCUT2D eigenvalue weighted by Crippen LogP contribution is -2.62. The lowest BCUT2D eigenvalue weighted by atomic mass is 9.45. The van der Waals surface area contributed by atoms with Gasteiger partial charge >= 0.3 is 0 Å². The van der Waals surface area contributed by atoms with Gasteiger partial charge in [-0.15, -0.1) is 0 Å². The maximum absolute atomic E-state index is 12.4. The molecule has 0 aromatic carbocycles. The van der Waals surface area contributed by atoms with Crippen LogP contribution in [0.15, 0.2) is 11.6 Å². The van der Waals surface area contributed by atoms with E-state index >= 15 is 0 Å². The molecule has 0 radical (unpaired) electrons. The van der Waals surface area contributed by atoms with Crippen LogP contribution >= 0.6 is 0 Å². The second kappa shape index (κ2) is 5.73. The minimum atomic E-state index is -1.54. The molecule has 7 atom stereocenters. The molecule has 0 unspecified atom stereocenters. The molecule has 0 aromatic heterocycles. The van der Waals surface area contributed by atoms with Crippen LogP contribution in [-0.4, -0.2) is 45.2 Å². The van der Waals surface area contributed by atoms with Crippen LogP contribution in [0.25, 0.3) is 0 Å². The minimum Gasteiger partial charge on any atom is -0.393 e. The van der Waals surface area contributed by atoms with Crippen LogP contribution in [0.1, 0.15) is 58.8 Å². The summed E-state index contributed by atoms with van der Waals surface area (Å²) in [5.41, 5.74) is -1.23. The van der Waals surface area contributed by atoms with Crippen molar-refractivity contribution in [2.24, 2.45) is 28.6 Å². The second-order valence-corrected chi connectivity index (χ2v) is 9.56. The number of carbonyl (C=O) groups excluding carboxylic acids is 2. The molecule has 144 valence electrons. The number of hydrogen-bond acceptors (Lipinski definition) is 5. The van der Waals surface area contributed by atoms with Gasteiger partial charge in [-0.25, -0.2) is 0 Å². The number of aliphatic hydroxyl groups excluding tert-OH is 2. The second-order valence-electron chi connectivity index (χ2n) is 9.56. The number of Topliss-reactive ketones (excluding diaryl/α,β-unsaturated/α-hetero) is 1. The third-order valence-corrected chi connectivity index (χ3v) is 8.65. The van der Waals surface area contributed by atoms with E-state index in [4.69, 9.17) is 0 Å². The lowest BCUT2D eigenvalue weighted by molar-refractivity contribution is -0.182. The van der Waals surface area contributed by atoms with Gasteiger partial charge in [0.15, 0.2) is 11.6 Å². The van der Waals surface area contributed by atoms with E-state index in [1.165, 1.54) is 5.57 Å². The molecule has 0 bridgehead atoms. The molecule has 4 rings (SSSR count). The molecule has 4 aliphatic carbocycles. The van der Waals surface area contributed by atoms with Crippen molar-refractivity contribution >= 4 is 11.6 Å². The normalized spacial score (nSPS) is 50.5. The van der Waals surface area contributed by atoms with Crippen molar-refractivity contribution in [3.63, 3.8) is 0 Å². The number of hydrogen-bond donors (Lipinski definition) is 3. The van der Waals surface area contributed by atoms with Gasteiger partial charge in [-0.3, -0.25) is 9.59 Å². The zero-order valence-corrected chi connectivity index (χ0v) is 15.7. The lowest BCUT2D eigenvalue weighted by Gasteiger charge is -2.60. The van der Waals surface area contributed by atoms with Gasteiger partial charge in [-0.05, 0) is 67.8 Å². The molecule has 4 aliphatic rings. The molecule has 3 fully saturated rings. The Morgan fingerprint density at radius 2 is 1.96 bits per heavy atom. The predicted molar refractivity (Wildman–Crippen MR) is 95.1 cm³/mol. The Labute approximate surface area is 154 Å². The third-order valence-electron chi connectivity index (χ3n) is 8.65. The average Bonchev–Trinajstić information content (AvgIpc) is 2.86. The Bertz CT molecular complexity index is 684. The molecule has 0 saturated heterocycles. The van der Waals surface area contributed by atoms with Gasteiger partial charge < -0.3 is 15.3 Å². The first-order chi connectivity index (χ1) is 12.2. The quantitative estimate of drug-likeness (QED) is 0.696. The van der Waals surface area contributed by atoms with Crippen LogP contribution in [0.5, 0.6) is 0 Å². The Morgan fingerprint density at radius 3 is 2.65 bits per heavy atom. The number of allylic oxidation sites excluding steroid dienone is 1. The highest BCUT2D eigenvalue weighted by molar-refractivity contribution is 5.91. The number of ketones is 2. The third kappa shape index (κ3) is 2.14. The minimum absolute atomic E-state index is 0.0697. The van der Waals surface area contributed by atoms with E-state index in [-0.39, 0.29) is 29.0 Å². The molecule has 0 aromatic rings. The molecular weight excluding hydrogens is 332 g/mol. The summed E-state index contributed by atoms with van der Waals surface area (Å²) < 4.78 is 0. The van der Waals surface area contributed by atoms with Crippen LogP contribution < -0.4 is 0 Å². The van der Waals surface area contributed by atoms with Gasteiger partial charge in [0.05, 0.1) is 6.10 Å². The number of rotatable bonds is 2. The Hall–Kier alpha value is -1.04. The van der Waals surface area contributed by atoms with Crippen LogP contribution in [0, 0.1) is 28.6 Å². The van der Waals surface area contributed by atoms with Crippen molar-refractivity contribution in [1.82, 2.24) is 0 Å². The summed E-state index contributed by atoms with van der Waals surface area (Å²) in [5, 5.41) is 31.7. The zero-order valence-electron chi connectivity index (χ0n) is 15.7. The topological polar surface area (TPSA) is 94.8 Å². The largest absolute Gasteiger partial charge is 0.393 e. The van der Waals surface area contributed by atoms with E-state index in [9.17, 15) is 24.9 Å². The van der Waals surface area contributed by atoms with Crippen molar-refractivity contribution in [1.29, 1.82) is 0 Å². The maximum atomic E-state index is 12.4. The molecule has 3 N–H and O–H groups in total. The highest BCUT2D eigenvalue weighted by Gasteiger charge is 2.68. The fraction of sp³-hybridized carbons (Fsp3) is 0.810. The fourth-order valence-corrected chi connectivity index (χ4v) is 7.28. The number of fused-ring (bicyclic) bond motifs is 5. The van der Waals surface area contributed by atoms with Crippen molar-refractivity contribution in [2.45, 2.75) is 70.5 Å². The van der Waals surface area contributed by atoms with Crippen molar-refractivity contribution in [2.75, 3.05) is 6.61 Å². The number of aliphatic hydroxyl groups is 3. The molecule has 5 heteroatoms. The molecule has 0 amide bonds. The average molecular weight is 362 g/mol. The Balaban J connectivity index is 1.74. The summed E-state index contributed by atoms with van der Waals surface area (Å²) in [6, 6.07) is 0. The first-order valence-electron chi connectivity index (χ1n) is 9.96. The zero-order chi connectivity index (χ0) is 18.9. The van der Waals surface area contributed by atoms with Crippen molar-refractivity contribution in [3.8, 4) is 0 Å². The fourth-order valence-electron chi connectivity index (χ4n) is 7.28. The number of carbonyl (C=O) groups is 2. The first-order valence-corrected chi connectivity index (χ1v) is 9.96. The molecular formula is C21H30O5. The van der Waals surface area contributed by atoms with Crippen LogP contribution in [-0.2, 0) is 9.59 Å². The van der Waals surface area contributed by atoms with Gasteiger partial charge in [0, 0.05) is 11.8 Å². The van der Waals surface area contributed by atoms with Crippen molar-refractivity contribution in [3.05, 3.63) is 11.6 Å². The summed E-state index contributed by atoms with van der Waals surface area (Å²) in [6.07, 6.45) is 5.74. The first kappa shape index (κ1) is 18.3.